The number of benzene rings is 2. The molecule has 0 aromatic heterocycles. The van der Waals surface area contributed by atoms with Crippen LogP contribution in [0.2, 0.25) is 0 Å². The second-order valence-corrected chi connectivity index (χ2v) is 8.49. The van der Waals surface area contributed by atoms with E-state index in [2.05, 4.69) is 10.0 Å². The van der Waals surface area contributed by atoms with Crippen molar-refractivity contribution in [2.24, 2.45) is 0 Å². The Kier molecular flexibility index (Phi) is 5.84. The van der Waals surface area contributed by atoms with Gasteiger partial charge < -0.3 is 10.1 Å². The third kappa shape index (κ3) is 4.37. The van der Waals surface area contributed by atoms with Gasteiger partial charge in [-0.05, 0) is 44.0 Å². The molecule has 0 spiro atoms. The van der Waals surface area contributed by atoms with Gasteiger partial charge in [0.1, 0.15) is 5.75 Å². The molecule has 6 heteroatoms. The van der Waals surface area contributed by atoms with Crippen LogP contribution in [0.4, 0.5) is 5.69 Å². The zero-order valence-corrected chi connectivity index (χ0v) is 16.1. The second-order valence-electron chi connectivity index (χ2n) is 6.78. The number of methoxy groups -OCH3 is 1. The van der Waals surface area contributed by atoms with Crippen LogP contribution in [0.15, 0.2) is 53.4 Å². The van der Waals surface area contributed by atoms with E-state index >= 15 is 0 Å². The van der Waals surface area contributed by atoms with Crippen LogP contribution in [0.25, 0.3) is 0 Å². The number of ether oxygens (including phenoxy) is 1. The molecule has 0 unspecified atom stereocenters. The van der Waals surface area contributed by atoms with Crippen molar-refractivity contribution < 1.29 is 13.2 Å². The number of rotatable bonds is 6. The molecule has 3 rings (SSSR count). The standard InChI is InChI=1S/C20H26N2O3S/c1-15-11-13-16(14-12-15)26(23,24)22-18-8-4-3-7-17(18)21-19-9-5-6-10-20(19)25-2/h5-6,9-14,17-18,21-22H,3-4,7-8H2,1-2H3/t17-,18-/m0/s1. The van der Waals surface area contributed by atoms with E-state index in [1.165, 1.54) is 0 Å². The van der Waals surface area contributed by atoms with Crippen LogP contribution in [-0.4, -0.2) is 27.6 Å². The van der Waals surface area contributed by atoms with Gasteiger partial charge in [-0.25, -0.2) is 13.1 Å². The molecule has 140 valence electrons. The fourth-order valence-corrected chi connectivity index (χ4v) is 4.70. The molecule has 2 aromatic carbocycles. The summed E-state index contributed by atoms with van der Waals surface area (Å²) < 4.78 is 33.8. The molecular formula is C20H26N2O3S. The molecule has 1 fully saturated rings. The van der Waals surface area contributed by atoms with E-state index in [-0.39, 0.29) is 12.1 Å². The minimum Gasteiger partial charge on any atom is -0.495 e. The minimum atomic E-state index is -3.54. The lowest BCUT2D eigenvalue weighted by Gasteiger charge is -2.33. The predicted molar refractivity (Wildman–Crippen MR) is 104 cm³/mol. The van der Waals surface area contributed by atoms with Crippen LogP contribution in [-0.2, 0) is 10.0 Å². The Morgan fingerprint density at radius 3 is 2.31 bits per heavy atom. The molecule has 0 bridgehead atoms. The van der Waals surface area contributed by atoms with Gasteiger partial charge in [0.2, 0.25) is 10.0 Å². The van der Waals surface area contributed by atoms with E-state index < -0.39 is 10.0 Å². The number of anilines is 1. The monoisotopic (exact) mass is 374 g/mol. The van der Waals surface area contributed by atoms with Crippen LogP contribution < -0.4 is 14.8 Å². The topological polar surface area (TPSA) is 67.4 Å². The number of hydrogen-bond acceptors (Lipinski definition) is 4. The SMILES string of the molecule is COc1ccccc1N[C@H]1CCCC[C@@H]1NS(=O)(=O)c1ccc(C)cc1. The van der Waals surface area contributed by atoms with Crippen molar-refractivity contribution in [2.75, 3.05) is 12.4 Å². The van der Waals surface area contributed by atoms with Gasteiger partial charge in [0, 0.05) is 12.1 Å². The summed E-state index contributed by atoms with van der Waals surface area (Å²) in [6.45, 7) is 1.94. The molecule has 2 atom stereocenters. The maximum absolute atomic E-state index is 12.8. The molecule has 0 aliphatic heterocycles. The van der Waals surface area contributed by atoms with Gasteiger partial charge in [-0.15, -0.1) is 0 Å². The van der Waals surface area contributed by atoms with E-state index in [1.54, 1.807) is 19.2 Å². The molecular weight excluding hydrogens is 348 g/mol. The fourth-order valence-electron chi connectivity index (χ4n) is 3.39. The lowest BCUT2D eigenvalue weighted by atomic mass is 9.91. The molecule has 2 aromatic rings. The number of nitrogens with one attached hydrogen (secondary N) is 2. The quantitative estimate of drug-likeness (QED) is 0.809. The summed E-state index contributed by atoms with van der Waals surface area (Å²) in [5, 5.41) is 3.48. The summed E-state index contributed by atoms with van der Waals surface area (Å²) in [5.74, 6) is 0.762. The smallest absolute Gasteiger partial charge is 0.240 e. The summed E-state index contributed by atoms with van der Waals surface area (Å²) in [6.07, 6.45) is 3.83. The average Bonchev–Trinajstić information content (AvgIpc) is 2.64. The third-order valence-corrected chi connectivity index (χ3v) is 6.36. The van der Waals surface area contributed by atoms with Gasteiger partial charge >= 0.3 is 0 Å². The third-order valence-electron chi connectivity index (χ3n) is 4.85. The van der Waals surface area contributed by atoms with Gasteiger partial charge in [0.05, 0.1) is 17.7 Å². The molecule has 0 radical (unpaired) electrons. The Bertz CT molecular complexity index is 834. The summed E-state index contributed by atoms with van der Waals surface area (Å²) in [7, 11) is -1.90. The number of para-hydroxylation sites is 2. The number of hydrogen-bond donors (Lipinski definition) is 2. The fraction of sp³-hybridized carbons (Fsp3) is 0.400. The molecule has 1 aliphatic carbocycles. The van der Waals surface area contributed by atoms with Crippen LogP contribution in [0.1, 0.15) is 31.2 Å². The normalized spacial score (nSPS) is 20.5. The average molecular weight is 375 g/mol. The van der Waals surface area contributed by atoms with Crippen molar-refractivity contribution in [2.45, 2.75) is 49.6 Å². The largest absolute Gasteiger partial charge is 0.495 e. The second kappa shape index (κ2) is 8.10. The Morgan fingerprint density at radius 2 is 1.62 bits per heavy atom. The molecule has 1 saturated carbocycles. The number of sulfonamides is 1. The van der Waals surface area contributed by atoms with E-state index in [0.717, 1.165) is 42.7 Å². The van der Waals surface area contributed by atoms with Crippen LogP contribution >= 0.6 is 0 Å². The van der Waals surface area contributed by atoms with E-state index in [0.29, 0.717) is 4.90 Å². The van der Waals surface area contributed by atoms with Crippen LogP contribution in [0.5, 0.6) is 5.75 Å². The highest BCUT2D eigenvalue weighted by Crippen LogP contribution is 2.29. The Hall–Kier alpha value is -2.05. The summed E-state index contributed by atoms with van der Waals surface area (Å²) in [5.41, 5.74) is 1.93. The maximum atomic E-state index is 12.8. The van der Waals surface area contributed by atoms with Crippen molar-refractivity contribution in [3.05, 3.63) is 54.1 Å². The first kappa shape index (κ1) is 18.7. The van der Waals surface area contributed by atoms with Gasteiger partial charge in [-0.3, -0.25) is 0 Å². The van der Waals surface area contributed by atoms with Gasteiger partial charge in [-0.1, -0.05) is 42.7 Å². The van der Waals surface area contributed by atoms with E-state index in [9.17, 15) is 8.42 Å². The van der Waals surface area contributed by atoms with Gasteiger partial charge in [-0.2, -0.15) is 0 Å². The first-order chi connectivity index (χ1) is 12.5. The highest BCUT2D eigenvalue weighted by Gasteiger charge is 2.30. The first-order valence-electron chi connectivity index (χ1n) is 8.98. The van der Waals surface area contributed by atoms with Crippen molar-refractivity contribution in [3.8, 4) is 5.75 Å². The summed E-state index contributed by atoms with van der Waals surface area (Å²) >= 11 is 0. The number of aryl methyl sites for hydroxylation is 1. The minimum absolute atomic E-state index is 0.0280. The lowest BCUT2D eigenvalue weighted by molar-refractivity contribution is 0.375. The Balaban J connectivity index is 1.77. The molecule has 5 nitrogen and oxygen atoms in total. The zero-order valence-electron chi connectivity index (χ0n) is 15.2. The predicted octanol–water partition coefficient (Wildman–Crippen LogP) is 3.71. The van der Waals surface area contributed by atoms with Crippen LogP contribution in [0, 0.1) is 6.92 Å². The molecule has 0 heterocycles. The molecule has 0 amide bonds. The molecule has 26 heavy (non-hydrogen) atoms. The molecule has 1 aliphatic rings. The lowest BCUT2D eigenvalue weighted by Crippen LogP contribution is -2.48. The Labute approximate surface area is 155 Å². The summed E-state index contributed by atoms with van der Waals surface area (Å²) in [6, 6.07) is 14.5. The van der Waals surface area contributed by atoms with Crippen LogP contribution in [0.3, 0.4) is 0 Å². The van der Waals surface area contributed by atoms with Crippen molar-refractivity contribution in [3.63, 3.8) is 0 Å². The van der Waals surface area contributed by atoms with Crippen molar-refractivity contribution in [1.82, 2.24) is 4.72 Å². The van der Waals surface area contributed by atoms with Gasteiger partial charge in [0.15, 0.2) is 0 Å². The van der Waals surface area contributed by atoms with Crippen molar-refractivity contribution in [1.29, 1.82) is 0 Å². The van der Waals surface area contributed by atoms with E-state index in [4.69, 9.17) is 4.74 Å². The van der Waals surface area contributed by atoms with Gasteiger partial charge in [0.25, 0.3) is 0 Å². The zero-order chi connectivity index (χ0) is 18.6. The maximum Gasteiger partial charge on any atom is 0.240 e. The highest BCUT2D eigenvalue weighted by atomic mass is 32.2. The molecule has 2 N–H and O–H groups in total. The summed E-state index contributed by atoms with van der Waals surface area (Å²) in [4.78, 5) is 0.310. The molecule has 0 saturated heterocycles. The first-order valence-corrected chi connectivity index (χ1v) is 10.5. The Morgan fingerprint density at radius 1 is 0.962 bits per heavy atom. The highest BCUT2D eigenvalue weighted by molar-refractivity contribution is 7.89. The van der Waals surface area contributed by atoms with Crippen molar-refractivity contribution >= 4 is 15.7 Å². The van der Waals surface area contributed by atoms with E-state index in [1.807, 2.05) is 43.3 Å².